The van der Waals surface area contributed by atoms with E-state index < -0.39 is 5.97 Å². The van der Waals surface area contributed by atoms with Crippen molar-refractivity contribution in [3.63, 3.8) is 0 Å². The number of rotatable bonds is 5. The molecule has 4 nitrogen and oxygen atoms in total. The maximum atomic E-state index is 11.2. The van der Waals surface area contributed by atoms with E-state index in [9.17, 15) is 9.90 Å². The van der Waals surface area contributed by atoms with E-state index in [2.05, 4.69) is 22.9 Å². The Hall–Kier alpha value is -1.23. The molecule has 1 aromatic carbocycles. The van der Waals surface area contributed by atoms with E-state index in [0.29, 0.717) is 19.1 Å². The number of benzene rings is 1. The molecule has 114 valence electrons. The second-order valence-corrected chi connectivity index (χ2v) is 6.53. The van der Waals surface area contributed by atoms with E-state index in [0.717, 1.165) is 46.4 Å². The summed E-state index contributed by atoms with van der Waals surface area (Å²) in [5.74, 6) is 1.38. The van der Waals surface area contributed by atoms with Gasteiger partial charge in [0.05, 0.1) is 10.9 Å². The highest BCUT2D eigenvalue weighted by molar-refractivity contribution is 9.10. The van der Waals surface area contributed by atoms with Gasteiger partial charge in [0, 0.05) is 5.56 Å². The van der Waals surface area contributed by atoms with Crippen LogP contribution in [0.2, 0.25) is 0 Å². The van der Waals surface area contributed by atoms with E-state index in [1.165, 1.54) is 0 Å². The van der Waals surface area contributed by atoms with Gasteiger partial charge in [-0.3, -0.25) is 4.79 Å². The minimum absolute atomic E-state index is 0.0737. The van der Waals surface area contributed by atoms with E-state index in [1.807, 2.05) is 6.07 Å². The summed E-state index contributed by atoms with van der Waals surface area (Å²) in [5, 5.41) is 9.23. The first-order valence-corrected chi connectivity index (χ1v) is 8.23. The molecular formula is C16H19BrO4. The van der Waals surface area contributed by atoms with Crippen LogP contribution in [0.5, 0.6) is 11.5 Å². The molecule has 21 heavy (non-hydrogen) atoms. The quantitative estimate of drug-likeness (QED) is 0.874. The van der Waals surface area contributed by atoms with Crippen LogP contribution in [0.15, 0.2) is 10.5 Å². The zero-order chi connectivity index (χ0) is 15.0. The standard InChI is InChI=1S/C16H19BrO4/c1-2-10-12(11(8-14(18)19)9-3-4-9)7-13(17)16-15(10)20-5-6-21-16/h7,9,11H,2-6,8H2,1H3,(H,18,19). The molecule has 0 bridgehead atoms. The fourth-order valence-electron chi connectivity index (χ4n) is 3.15. The molecule has 1 N–H and O–H groups in total. The first kappa shape index (κ1) is 14.7. The molecular weight excluding hydrogens is 336 g/mol. The molecule has 1 aliphatic heterocycles. The minimum Gasteiger partial charge on any atom is -0.486 e. The molecule has 1 fully saturated rings. The molecule has 1 atom stereocenters. The Balaban J connectivity index is 2.07. The highest BCUT2D eigenvalue weighted by Gasteiger charge is 2.36. The van der Waals surface area contributed by atoms with Gasteiger partial charge in [0.2, 0.25) is 0 Å². The lowest BCUT2D eigenvalue weighted by Crippen LogP contribution is -2.19. The first-order valence-electron chi connectivity index (χ1n) is 7.44. The van der Waals surface area contributed by atoms with Crippen molar-refractivity contribution in [1.29, 1.82) is 0 Å². The van der Waals surface area contributed by atoms with Gasteiger partial charge in [0.15, 0.2) is 11.5 Å². The first-order chi connectivity index (χ1) is 10.1. The molecule has 0 saturated heterocycles. The topological polar surface area (TPSA) is 55.8 Å². The van der Waals surface area contributed by atoms with Gasteiger partial charge in [-0.2, -0.15) is 0 Å². The van der Waals surface area contributed by atoms with Crippen LogP contribution in [-0.4, -0.2) is 24.3 Å². The van der Waals surface area contributed by atoms with Crippen molar-refractivity contribution in [3.8, 4) is 11.5 Å². The fraction of sp³-hybridized carbons (Fsp3) is 0.562. The molecule has 0 aromatic heterocycles. The lowest BCUT2D eigenvalue weighted by Gasteiger charge is -2.27. The smallest absolute Gasteiger partial charge is 0.303 e. The summed E-state index contributed by atoms with van der Waals surface area (Å²) in [7, 11) is 0. The van der Waals surface area contributed by atoms with Crippen molar-refractivity contribution >= 4 is 21.9 Å². The summed E-state index contributed by atoms with van der Waals surface area (Å²) in [6.07, 6.45) is 3.24. The second kappa shape index (κ2) is 5.87. The number of hydrogen-bond donors (Lipinski definition) is 1. The number of ether oxygens (including phenoxy) is 2. The van der Waals surface area contributed by atoms with Crippen LogP contribution in [-0.2, 0) is 11.2 Å². The van der Waals surface area contributed by atoms with Crippen molar-refractivity contribution in [3.05, 3.63) is 21.7 Å². The van der Waals surface area contributed by atoms with Crippen molar-refractivity contribution < 1.29 is 19.4 Å². The second-order valence-electron chi connectivity index (χ2n) is 5.68. The fourth-order valence-corrected chi connectivity index (χ4v) is 3.69. The number of aliphatic carboxylic acids is 1. The number of halogens is 1. The van der Waals surface area contributed by atoms with Gasteiger partial charge in [-0.1, -0.05) is 6.92 Å². The Morgan fingerprint density at radius 2 is 2.05 bits per heavy atom. The maximum absolute atomic E-state index is 11.2. The third-order valence-electron chi connectivity index (χ3n) is 4.24. The average Bonchev–Trinajstić information content (AvgIpc) is 3.29. The zero-order valence-corrected chi connectivity index (χ0v) is 13.6. The number of carboxylic acids is 1. The molecule has 1 unspecified atom stereocenters. The molecule has 1 heterocycles. The van der Waals surface area contributed by atoms with Crippen LogP contribution in [0.4, 0.5) is 0 Å². The lowest BCUT2D eigenvalue weighted by atomic mass is 9.86. The van der Waals surface area contributed by atoms with Crippen molar-refractivity contribution in [2.24, 2.45) is 5.92 Å². The van der Waals surface area contributed by atoms with Crippen molar-refractivity contribution in [2.45, 2.75) is 38.5 Å². The monoisotopic (exact) mass is 354 g/mol. The predicted molar refractivity (Wildman–Crippen MR) is 82.2 cm³/mol. The lowest BCUT2D eigenvalue weighted by molar-refractivity contribution is -0.137. The van der Waals surface area contributed by atoms with Crippen LogP contribution >= 0.6 is 15.9 Å². The molecule has 5 heteroatoms. The van der Waals surface area contributed by atoms with Gasteiger partial charge >= 0.3 is 5.97 Å². The van der Waals surface area contributed by atoms with Crippen LogP contribution in [0.1, 0.15) is 43.2 Å². The Bertz CT molecular complexity index is 566. The van der Waals surface area contributed by atoms with Gasteiger partial charge in [0.25, 0.3) is 0 Å². The number of carbonyl (C=O) groups is 1. The number of fused-ring (bicyclic) bond motifs is 1. The van der Waals surface area contributed by atoms with Gasteiger partial charge in [-0.05, 0) is 58.7 Å². The molecule has 1 saturated carbocycles. The zero-order valence-electron chi connectivity index (χ0n) is 12.0. The molecule has 0 spiro atoms. The van der Waals surface area contributed by atoms with Gasteiger partial charge in [-0.25, -0.2) is 0 Å². The average molecular weight is 355 g/mol. The van der Waals surface area contributed by atoms with Crippen LogP contribution in [0, 0.1) is 5.92 Å². The Labute approximate surface area is 132 Å². The summed E-state index contributed by atoms with van der Waals surface area (Å²) in [5.41, 5.74) is 2.21. The highest BCUT2D eigenvalue weighted by atomic mass is 79.9. The number of hydrogen-bond acceptors (Lipinski definition) is 3. The van der Waals surface area contributed by atoms with Gasteiger partial charge < -0.3 is 14.6 Å². The van der Waals surface area contributed by atoms with E-state index in [1.54, 1.807) is 0 Å². The van der Waals surface area contributed by atoms with Gasteiger partial charge in [0.1, 0.15) is 13.2 Å². The molecule has 0 radical (unpaired) electrons. The summed E-state index contributed by atoms with van der Waals surface area (Å²) >= 11 is 3.55. The van der Waals surface area contributed by atoms with Crippen molar-refractivity contribution in [2.75, 3.05) is 13.2 Å². The highest BCUT2D eigenvalue weighted by Crippen LogP contribution is 2.50. The molecule has 1 aromatic rings. The molecule has 2 aliphatic rings. The Kier molecular flexibility index (Phi) is 4.11. The third kappa shape index (κ3) is 2.89. The minimum atomic E-state index is -0.736. The van der Waals surface area contributed by atoms with Gasteiger partial charge in [-0.15, -0.1) is 0 Å². The van der Waals surface area contributed by atoms with E-state index in [-0.39, 0.29) is 12.3 Å². The van der Waals surface area contributed by atoms with Crippen LogP contribution in [0.25, 0.3) is 0 Å². The normalized spacial score (nSPS) is 18.4. The predicted octanol–water partition coefficient (Wildman–Crippen LogP) is 3.75. The Morgan fingerprint density at radius 1 is 1.38 bits per heavy atom. The van der Waals surface area contributed by atoms with Crippen LogP contribution in [0.3, 0.4) is 0 Å². The Morgan fingerprint density at radius 3 is 2.62 bits per heavy atom. The third-order valence-corrected chi connectivity index (χ3v) is 4.83. The summed E-state index contributed by atoms with van der Waals surface area (Å²) < 4.78 is 12.4. The maximum Gasteiger partial charge on any atom is 0.303 e. The largest absolute Gasteiger partial charge is 0.486 e. The SMILES string of the molecule is CCc1c(C(CC(=O)O)C2CC2)cc(Br)c2c1OCCO2. The van der Waals surface area contributed by atoms with Crippen molar-refractivity contribution in [1.82, 2.24) is 0 Å². The molecule has 0 amide bonds. The summed E-state index contributed by atoms with van der Waals surface area (Å²) in [4.78, 5) is 11.2. The van der Waals surface area contributed by atoms with E-state index >= 15 is 0 Å². The van der Waals surface area contributed by atoms with Crippen LogP contribution < -0.4 is 9.47 Å². The summed E-state index contributed by atoms with van der Waals surface area (Å²) in [6, 6.07) is 2.04. The molecule has 3 rings (SSSR count). The van der Waals surface area contributed by atoms with E-state index in [4.69, 9.17) is 9.47 Å². The summed E-state index contributed by atoms with van der Waals surface area (Å²) in [6.45, 7) is 3.17. The molecule has 1 aliphatic carbocycles. The number of carboxylic acid groups (broad SMARTS) is 1.